The van der Waals surface area contributed by atoms with Gasteiger partial charge in [-0.15, -0.1) is 0 Å². The van der Waals surface area contributed by atoms with Crippen molar-refractivity contribution >= 4 is 0 Å². The average molecular weight is 237 g/mol. The van der Waals surface area contributed by atoms with Crippen molar-refractivity contribution in [1.29, 1.82) is 5.26 Å². The summed E-state index contributed by atoms with van der Waals surface area (Å²) in [5, 5.41) is 12.2. The number of pyridine rings is 1. The van der Waals surface area contributed by atoms with Crippen LogP contribution < -0.4 is 5.32 Å². The fourth-order valence-electron chi connectivity index (χ4n) is 1.74. The zero-order valence-electron chi connectivity index (χ0n) is 10.3. The lowest BCUT2D eigenvalue weighted by molar-refractivity contribution is 0.574. The van der Waals surface area contributed by atoms with E-state index < -0.39 is 0 Å². The highest BCUT2D eigenvalue weighted by Crippen LogP contribution is 2.11. The highest BCUT2D eigenvalue weighted by molar-refractivity contribution is 5.31. The van der Waals surface area contributed by atoms with Gasteiger partial charge in [-0.25, -0.2) is 0 Å². The quantitative estimate of drug-likeness (QED) is 0.889. The van der Waals surface area contributed by atoms with Gasteiger partial charge in [0.25, 0.3) is 0 Å². The van der Waals surface area contributed by atoms with Gasteiger partial charge in [-0.05, 0) is 42.3 Å². The number of hydrogen-bond acceptors (Lipinski definition) is 3. The molecule has 3 heteroatoms. The molecule has 90 valence electrons. The molecule has 0 amide bonds. The Morgan fingerprint density at radius 1 is 1.17 bits per heavy atom. The van der Waals surface area contributed by atoms with Gasteiger partial charge < -0.3 is 5.32 Å². The average Bonchev–Trinajstić information content (AvgIpc) is 2.46. The Kier molecular flexibility index (Phi) is 4.06. The predicted octanol–water partition coefficient (Wildman–Crippen LogP) is 2.80. The summed E-state index contributed by atoms with van der Waals surface area (Å²) in [7, 11) is 0. The maximum absolute atomic E-state index is 8.72. The first-order chi connectivity index (χ1) is 8.79. The maximum Gasteiger partial charge on any atom is 0.0991 e. The molecule has 0 aliphatic rings. The molecule has 1 atom stereocenters. The van der Waals surface area contributed by atoms with Crippen LogP contribution in [0.5, 0.6) is 0 Å². The van der Waals surface area contributed by atoms with Crippen LogP contribution in [0.25, 0.3) is 0 Å². The lowest BCUT2D eigenvalue weighted by Crippen LogP contribution is -2.17. The summed E-state index contributed by atoms with van der Waals surface area (Å²) in [6.45, 7) is 2.91. The fourth-order valence-corrected chi connectivity index (χ4v) is 1.74. The summed E-state index contributed by atoms with van der Waals surface area (Å²) >= 11 is 0. The SMILES string of the molecule is CC(NCc1ccc(C#N)cc1)c1ccncc1. The minimum absolute atomic E-state index is 0.281. The second kappa shape index (κ2) is 5.95. The molecule has 1 aromatic heterocycles. The van der Waals surface area contributed by atoms with Crippen LogP contribution in [0.2, 0.25) is 0 Å². The number of benzene rings is 1. The Morgan fingerprint density at radius 2 is 1.83 bits per heavy atom. The number of nitrogens with zero attached hydrogens (tertiary/aromatic N) is 2. The van der Waals surface area contributed by atoms with Crippen molar-refractivity contribution in [1.82, 2.24) is 10.3 Å². The summed E-state index contributed by atoms with van der Waals surface area (Å²) in [4.78, 5) is 4.01. The molecular weight excluding hydrogens is 222 g/mol. The van der Waals surface area contributed by atoms with Gasteiger partial charge in [0.05, 0.1) is 11.6 Å². The highest BCUT2D eigenvalue weighted by Gasteiger charge is 2.03. The summed E-state index contributed by atoms with van der Waals surface area (Å²) in [6.07, 6.45) is 3.60. The zero-order valence-corrected chi connectivity index (χ0v) is 10.3. The fraction of sp³-hybridized carbons (Fsp3) is 0.200. The summed E-state index contributed by atoms with van der Waals surface area (Å²) in [5.74, 6) is 0. The van der Waals surface area contributed by atoms with Crippen molar-refractivity contribution in [2.45, 2.75) is 19.5 Å². The van der Waals surface area contributed by atoms with E-state index in [1.807, 2.05) is 36.4 Å². The Hall–Kier alpha value is -2.18. The van der Waals surface area contributed by atoms with Gasteiger partial charge in [0.2, 0.25) is 0 Å². The lowest BCUT2D eigenvalue weighted by Gasteiger charge is -2.13. The van der Waals surface area contributed by atoms with Crippen molar-refractivity contribution in [2.24, 2.45) is 0 Å². The van der Waals surface area contributed by atoms with Crippen LogP contribution in [0.3, 0.4) is 0 Å². The Balaban J connectivity index is 1.93. The van der Waals surface area contributed by atoms with Crippen molar-refractivity contribution in [2.75, 3.05) is 0 Å². The zero-order chi connectivity index (χ0) is 12.8. The Morgan fingerprint density at radius 3 is 2.44 bits per heavy atom. The molecule has 2 aromatic rings. The highest BCUT2D eigenvalue weighted by atomic mass is 14.9. The van der Waals surface area contributed by atoms with Crippen molar-refractivity contribution < 1.29 is 0 Å². The third-order valence-corrected chi connectivity index (χ3v) is 2.90. The Labute approximate surface area is 107 Å². The van der Waals surface area contributed by atoms with E-state index in [2.05, 4.69) is 23.3 Å². The standard InChI is InChI=1S/C15H15N3/c1-12(15-6-8-17-9-7-15)18-11-14-4-2-13(10-16)3-5-14/h2-9,12,18H,11H2,1H3. The molecule has 0 aliphatic heterocycles. The minimum Gasteiger partial charge on any atom is -0.306 e. The number of hydrogen-bond donors (Lipinski definition) is 1. The van der Waals surface area contributed by atoms with E-state index in [-0.39, 0.29) is 6.04 Å². The van der Waals surface area contributed by atoms with E-state index in [1.54, 1.807) is 12.4 Å². The first-order valence-electron chi connectivity index (χ1n) is 5.92. The molecule has 0 saturated carbocycles. The van der Waals surface area contributed by atoms with Gasteiger partial charge in [0.15, 0.2) is 0 Å². The van der Waals surface area contributed by atoms with Crippen LogP contribution >= 0.6 is 0 Å². The van der Waals surface area contributed by atoms with E-state index in [9.17, 15) is 0 Å². The summed E-state index contributed by atoms with van der Waals surface area (Å²) < 4.78 is 0. The third kappa shape index (κ3) is 3.16. The van der Waals surface area contributed by atoms with Gasteiger partial charge in [-0.2, -0.15) is 5.26 Å². The van der Waals surface area contributed by atoms with Crippen LogP contribution in [0.1, 0.15) is 29.7 Å². The normalized spacial score (nSPS) is 11.8. The van der Waals surface area contributed by atoms with E-state index in [0.29, 0.717) is 5.56 Å². The molecule has 3 nitrogen and oxygen atoms in total. The monoisotopic (exact) mass is 237 g/mol. The van der Waals surface area contributed by atoms with E-state index in [1.165, 1.54) is 11.1 Å². The molecule has 1 aromatic carbocycles. The van der Waals surface area contributed by atoms with Crippen molar-refractivity contribution in [3.05, 3.63) is 65.5 Å². The molecule has 1 N–H and O–H groups in total. The van der Waals surface area contributed by atoms with Gasteiger partial charge in [-0.1, -0.05) is 12.1 Å². The molecule has 0 spiro atoms. The largest absolute Gasteiger partial charge is 0.306 e. The molecule has 2 rings (SSSR count). The first-order valence-corrected chi connectivity index (χ1v) is 5.92. The van der Waals surface area contributed by atoms with E-state index >= 15 is 0 Å². The second-order valence-electron chi connectivity index (χ2n) is 4.19. The molecular formula is C15H15N3. The van der Waals surface area contributed by atoms with E-state index in [4.69, 9.17) is 5.26 Å². The second-order valence-corrected chi connectivity index (χ2v) is 4.19. The van der Waals surface area contributed by atoms with E-state index in [0.717, 1.165) is 6.54 Å². The topological polar surface area (TPSA) is 48.7 Å². The molecule has 18 heavy (non-hydrogen) atoms. The van der Waals surface area contributed by atoms with Crippen molar-refractivity contribution in [3.63, 3.8) is 0 Å². The van der Waals surface area contributed by atoms with Gasteiger partial charge in [-0.3, -0.25) is 4.98 Å². The number of nitriles is 1. The van der Waals surface area contributed by atoms with Crippen LogP contribution in [-0.2, 0) is 6.54 Å². The number of rotatable bonds is 4. The molecule has 0 radical (unpaired) electrons. The predicted molar refractivity (Wildman–Crippen MR) is 70.6 cm³/mol. The van der Waals surface area contributed by atoms with Crippen LogP contribution in [0.4, 0.5) is 0 Å². The van der Waals surface area contributed by atoms with Gasteiger partial charge in [0, 0.05) is 25.0 Å². The number of nitrogens with one attached hydrogen (secondary N) is 1. The summed E-state index contributed by atoms with van der Waals surface area (Å²) in [5.41, 5.74) is 3.09. The van der Waals surface area contributed by atoms with Crippen molar-refractivity contribution in [3.8, 4) is 6.07 Å². The van der Waals surface area contributed by atoms with Crippen LogP contribution in [0, 0.1) is 11.3 Å². The van der Waals surface area contributed by atoms with Gasteiger partial charge in [0.1, 0.15) is 0 Å². The third-order valence-electron chi connectivity index (χ3n) is 2.90. The summed E-state index contributed by atoms with van der Waals surface area (Å²) in [6, 6.07) is 14.1. The first kappa shape index (κ1) is 12.3. The van der Waals surface area contributed by atoms with Crippen LogP contribution in [0.15, 0.2) is 48.8 Å². The molecule has 1 heterocycles. The van der Waals surface area contributed by atoms with Crippen LogP contribution in [-0.4, -0.2) is 4.98 Å². The van der Waals surface area contributed by atoms with Gasteiger partial charge >= 0.3 is 0 Å². The molecule has 0 bridgehead atoms. The molecule has 1 unspecified atom stereocenters. The lowest BCUT2D eigenvalue weighted by atomic mass is 10.1. The Bertz CT molecular complexity index is 526. The molecule has 0 fully saturated rings. The smallest absolute Gasteiger partial charge is 0.0991 e. The molecule has 0 aliphatic carbocycles. The minimum atomic E-state index is 0.281. The molecule has 0 saturated heterocycles. The maximum atomic E-state index is 8.72. The number of aromatic nitrogens is 1.